The van der Waals surface area contributed by atoms with Crippen molar-refractivity contribution in [1.82, 2.24) is 0 Å². The van der Waals surface area contributed by atoms with Crippen molar-refractivity contribution in [3.8, 4) is 0 Å². The van der Waals surface area contributed by atoms with Gasteiger partial charge in [-0.3, -0.25) is 0 Å². The van der Waals surface area contributed by atoms with Crippen molar-refractivity contribution in [2.45, 2.75) is 6.42 Å². The van der Waals surface area contributed by atoms with Crippen molar-refractivity contribution >= 4 is 23.5 Å². The first-order valence-corrected chi connectivity index (χ1v) is 5.66. The zero-order chi connectivity index (χ0) is 13.5. The van der Waals surface area contributed by atoms with Crippen LogP contribution in [0.2, 0.25) is 0 Å². The van der Waals surface area contributed by atoms with Gasteiger partial charge in [0.15, 0.2) is 0 Å². The molecule has 0 saturated carbocycles. The van der Waals surface area contributed by atoms with E-state index in [1.807, 2.05) is 36.4 Å². The van der Waals surface area contributed by atoms with Crippen LogP contribution in [0.1, 0.15) is 11.1 Å². The van der Waals surface area contributed by atoms with Gasteiger partial charge in [0.1, 0.15) is 11.4 Å². The molecule has 0 fully saturated rings. The number of rotatable bonds is 4. The van der Waals surface area contributed by atoms with Crippen LogP contribution in [0.25, 0.3) is 0 Å². The topological polar surface area (TPSA) is 58.9 Å². The summed E-state index contributed by atoms with van der Waals surface area (Å²) in [6, 6.07) is 15.1. The predicted octanol–water partition coefficient (Wildman–Crippen LogP) is 3.21. The van der Waals surface area contributed by atoms with E-state index in [2.05, 4.69) is 9.98 Å². The van der Waals surface area contributed by atoms with E-state index in [4.69, 9.17) is 0 Å². The van der Waals surface area contributed by atoms with Crippen LogP contribution in [0.5, 0.6) is 0 Å². The lowest BCUT2D eigenvalue weighted by Crippen LogP contribution is -1.87. The fourth-order valence-electron chi connectivity index (χ4n) is 1.79. The van der Waals surface area contributed by atoms with Gasteiger partial charge >= 0.3 is 0 Å². The summed E-state index contributed by atoms with van der Waals surface area (Å²) in [5.41, 5.74) is 2.77. The normalized spacial score (nSPS) is 9.26. The molecule has 0 atom stereocenters. The van der Waals surface area contributed by atoms with Gasteiger partial charge in [0, 0.05) is 0 Å². The molecular formula is C15H10N2O2. The lowest BCUT2D eigenvalue weighted by molar-refractivity contribution is 0.564. The molecule has 0 saturated heterocycles. The van der Waals surface area contributed by atoms with E-state index in [9.17, 15) is 9.59 Å². The van der Waals surface area contributed by atoms with Gasteiger partial charge in [0.2, 0.25) is 12.2 Å². The molecule has 0 amide bonds. The quantitative estimate of drug-likeness (QED) is 0.618. The summed E-state index contributed by atoms with van der Waals surface area (Å²) in [6.45, 7) is 0. The van der Waals surface area contributed by atoms with Gasteiger partial charge < -0.3 is 0 Å². The average Bonchev–Trinajstić information content (AvgIpc) is 2.43. The predicted molar refractivity (Wildman–Crippen MR) is 71.3 cm³/mol. The van der Waals surface area contributed by atoms with Crippen LogP contribution < -0.4 is 0 Å². The Morgan fingerprint density at radius 1 is 0.789 bits per heavy atom. The van der Waals surface area contributed by atoms with Gasteiger partial charge in [-0.25, -0.2) is 9.59 Å². The first-order valence-electron chi connectivity index (χ1n) is 5.66. The third-order valence-electron chi connectivity index (χ3n) is 2.62. The second-order valence-electron chi connectivity index (χ2n) is 3.89. The van der Waals surface area contributed by atoms with Crippen LogP contribution in [0.3, 0.4) is 0 Å². The number of benzene rings is 2. The van der Waals surface area contributed by atoms with E-state index in [-0.39, 0.29) is 0 Å². The second kappa shape index (κ2) is 6.22. The van der Waals surface area contributed by atoms with E-state index in [1.165, 1.54) is 12.2 Å². The molecule has 0 N–H and O–H groups in total. The Hall–Kier alpha value is -2.80. The zero-order valence-corrected chi connectivity index (χ0v) is 10.0. The highest BCUT2D eigenvalue weighted by atomic mass is 16.1. The van der Waals surface area contributed by atoms with Crippen LogP contribution in [-0.2, 0) is 16.0 Å². The summed E-state index contributed by atoms with van der Waals surface area (Å²) in [5, 5.41) is 0. The highest BCUT2D eigenvalue weighted by Gasteiger charge is 2.03. The molecule has 19 heavy (non-hydrogen) atoms. The van der Waals surface area contributed by atoms with Gasteiger partial charge in [-0.1, -0.05) is 36.4 Å². The first-order chi connectivity index (χ1) is 9.33. The molecule has 2 rings (SSSR count). The third-order valence-corrected chi connectivity index (χ3v) is 2.62. The van der Waals surface area contributed by atoms with Crippen LogP contribution in [0, 0.1) is 0 Å². The summed E-state index contributed by atoms with van der Waals surface area (Å²) < 4.78 is 0. The molecule has 0 aromatic heterocycles. The zero-order valence-electron chi connectivity index (χ0n) is 10.0. The van der Waals surface area contributed by atoms with Crippen LogP contribution in [0.15, 0.2) is 58.5 Å². The maximum Gasteiger partial charge on any atom is 0.240 e. The highest BCUT2D eigenvalue weighted by Crippen LogP contribution is 2.29. The van der Waals surface area contributed by atoms with E-state index >= 15 is 0 Å². The number of aliphatic imine (C=N–C) groups is 2. The number of hydrogen-bond acceptors (Lipinski definition) is 4. The highest BCUT2D eigenvalue weighted by molar-refractivity contribution is 5.69. The molecule has 0 bridgehead atoms. The van der Waals surface area contributed by atoms with Gasteiger partial charge in [-0.05, 0) is 29.7 Å². The molecule has 2 aromatic carbocycles. The SMILES string of the molecule is O=C=Nc1ccc(Cc2ccccc2)cc1N=C=O. The molecule has 4 nitrogen and oxygen atoms in total. The van der Waals surface area contributed by atoms with Crippen LogP contribution in [0.4, 0.5) is 11.4 Å². The van der Waals surface area contributed by atoms with Crippen molar-refractivity contribution in [2.24, 2.45) is 9.98 Å². The van der Waals surface area contributed by atoms with E-state index in [0.717, 1.165) is 11.1 Å². The summed E-state index contributed by atoms with van der Waals surface area (Å²) in [5.74, 6) is 0. The Kier molecular flexibility index (Phi) is 4.14. The summed E-state index contributed by atoms with van der Waals surface area (Å²) in [6.07, 6.45) is 3.61. The van der Waals surface area contributed by atoms with E-state index < -0.39 is 0 Å². The number of nitrogens with zero attached hydrogens (tertiary/aromatic N) is 2. The fraction of sp³-hybridized carbons (Fsp3) is 0.0667. The van der Waals surface area contributed by atoms with Crippen molar-refractivity contribution < 1.29 is 9.59 Å². The largest absolute Gasteiger partial charge is 0.240 e. The maximum atomic E-state index is 10.4. The monoisotopic (exact) mass is 250 g/mol. The second-order valence-corrected chi connectivity index (χ2v) is 3.89. The fourth-order valence-corrected chi connectivity index (χ4v) is 1.79. The van der Waals surface area contributed by atoms with Crippen molar-refractivity contribution in [1.29, 1.82) is 0 Å². The molecule has 2 aromatic rings. The Morgan fingerprint density at radius 2 is 1.47 bits per heavy atom. The maximum absolute atomic E-state index is 10.4. The Bertz CT molecular complexity index is 668. The summed E-state index contributed by atoms with van der Waals surface area (Å²) in [7, 11) is 0. The molecular weight excluding hydrogens is 240 g/mol. The minimum Gasteiger partial charge on any atom is -0.211 e. The minimum atomic E-state index is 0.315. The number of hydrogen-bond donors (Lipinski definition) is 0. The number of isocyanates is 2. The Morgan fingerprint density at radius 3 is 2.16 bits per heavy atom. The lowest BCUT2D eigenvalue weighted by Gasteiger charge is -2.04. The molecule has 92 valence electrons. The smallest absolute Gasteiger partial charge is 0.211 e. The Labute approximate surface area is 110 Å². The molecule has 0 radical (unpaired) electrons. The molecule has 0 aliphatic rings. The molecule has 0 aliphatic heterocycles. The standard InChI is InChI=1S/C15H10N2O2/c18-10-16-14-7-6-13(9-15(14)17-11-19)8-12-4-2-1-3-5-12/h1-7,9H,8H2. The van der Waals surface area contributed by atoms with Gasteiger partial charge in [-0.2, -0.15) is 9.98 Å². The third kappa shape index (κ3) is 3.33. The molecule has 0 aliphatic carbocycles. The molecule has 0 unspecified atom stereocenters. The minimum absolute atomic E-state index is 0.315. The van der Waals surface area contributed by atoms with Gasteiger partial charge in [0.25, 0.3) is 0 Å². The molecule has 4 heteroatoms. The van der Waals surface area contributed by atoms with Crippen LogP contribution >= 0.6 is 0 Å². The van der Waals surface area contributed by atoms with E-state index in [1.54, 1.807) is 12.1 Å². The van der Waals surface area contributed by atoms with Crippen molar-refractivity contribution in [3.63, 3.8) is 0 Å². The van der Waals surface area contributed by atoms with Crippen LogP contribution in [-0.4, -0.2) is 12.2 Å². The van der Waals surface area contributed by atoms with Crippen molar-refractivity contribution in [2.75, 3.05) is 0 Å². The van der Waals surface area contributed by atoms with E-state index in [0.29, 0.717) is 17.8 Å². The average molecular weight is 250 g/mol. The first kappa shape index (κ1) is 12.7. The lowest BCUT2D eigenvalue weighted by atomic mass is 10.0. The van der Waals surface area contributed by atoms with Gasteiger partial charge in [0.05, 0.1) is 0 Å². The van der Waals surface area contributed by atoms with Crippen molar-refractivity contribution in [3.05, 3.63) is 59.7 Å². The number of carbonyl (C=O) groups excluding carboxylic acids is 2. The molecule has 0 spiro atoms. The summed E-state index contributed by atoms with van der Waals surface area (Å²) >= 11 is 0. The molecule has 0 heterocycles. The van der Waals surface area contributed by atoms with Gasteiger partial charge in [-0.15, -0.1) is 0 Å². The Balaban J connectivity index is 2.35. The summed E-state index contributed by atoms with van der Waals surface area (Å²) in [4.78, 5) is 27.7.